The maximum Gasteiger partial charge on any atom is 0.300 e. The van der Waals surface area contributed by atoms with E-state index in [4.69, 9.17) is 20.8 Å². The maximum absolute atomic E-state index is 13.3. The zero-order valence-electron chi connectivity index (χ0n) is 20.0. The van der Waals surface area contributed by atoms with Crippen molar-refractivity contribution in [1.82, 2.24) is 4.90 Å². The Morgan fingerprint density at radius 2 is 1.72 bits per heavy atom. The van der Waals surface area contributed by atoms with Crippen LogP contribution in [0.15, 0.2) is 70.9 Å². The monoisotopic (exact) mass is 507 g/mol. The number of methoxy groups -OCH3 is 1. The van der Waals surface area contributed by atoms with Gasteiger partial charge in [0.25, 0.3) is 11.7 Å². The molecule has 9 heteroatoms. The second-order valence-corrected chi connectivity index (χ2v) is 9.27. The molecule has 3 aromatic rings. The lowest BCUT2D eigenvalue weighted by atomic mass is 9.98. The number of halogens is 1. The molecular formula is C27H26ClN3O5. The zero-order chi connectivity index (χ0) is 25.4. The summed E-state index contributed by atoms with van der Waals surface area (Å²) in [4.78, 5) is 32.5. The number of likely N-dealkylation sites (N-methyl/N-ethyl adjacent to an activating group) is 1. The van der Waals surface area contributed by atoms with E-state index in [1.54, 1.807) is 24.3 Å². The summed E-state index contributed by atoms with van der Waals surface area (Å²) in [6.45, 7) is 3.77. The fourth-order valence-corrected chi connectivity index (χ4v) is 4.89. The normalized spacial score (nSPS) is 20.2. The van der Waals surface area contributed by atoms with Crippen LogP contribution in [0.25, 0.3) is 5.76 Å². The smallest absolute Gasteiger partial charge is 0.300 e. The Labute approximate surface area is 213 Å². The van der Waals surface area contributed by atoms with Crippen molar-refractivity contribution >= 4 is 40.4 Å². The summed E-state index contributed by atoms with van der Waals surface area (Å²) in [5.74, 6) is -1.30. The fraction of sp³-hybridized carbons (Fsp3) is 0.259. The lowest BCUT2D eigenvalue weighted by Gasteiger charge is -2.34. The van der Waals surface area contributed by atoms with Gasteiger partial charge in [-0.15, -0.1) is 0 Å². The van der Waals surface area contributed by atoms with Gasteiger partial charge in [-0.3, -0.25) is 14.5 Å². The Bertz CT molecular complexity index is 1310. The van der Waals surface area contributed by atoms with Crippen molar-refractivity contribution in [2.45, 2.75) is 6.04 Å². The third kappa shape index (κ3) is 4.23. The zero-order valence-corrected chi connectivity index (χ0v) is 20.7. The number of furan rings is 1. The number of aliphatic hydroxyl groups excluding tert-OH is 1. The molecule has 1 amide bonds. The highest BCUT2D eigenvalue weighted by molar-refractivity contribution is 6.51. The number of aliphatic hydroxyl groups is 1. The minimum Gasteiger partial charge on any atom is -0.507 e. The number of carbonyl (C=O) groups excluding carboxylic acids is 2. The number of Topliss-reactive ketones (excluding diaryl/α,β-unsaturated/α-hetero) is 1. The van der Waals surface area contributed by atoms with E-state index in [0.29, 0.717) is 22.2 Å². The van der Waals surface area contributed by atoms with E-state index < -0.39 is 17.7 Å². The number of ketones is 1. The van der Waals surface area contributed by atoms with E-state index in [0.717, 1.165) is 31.9 Å². The van der Waals surface area contributed by atoms with Crippen molar-refractivity contribution < 1.29 is 23.8 Å². The molecule has 0 spiro atoms. The molecule has 5 rings (SSSR count). The molecule has 2 aliphatic heterocycles. The SMILES string of the molecule is COc1ccc(Cl)cc1/C(O)=C1/C(=O)C(=O)N(c2ccc(N3CCN(C)CC3)cc2)C1c1ccco1. The summed E-state index contributed by atoms with van der Waals surface area (Å²) in [7, 11) is 3.55. The van der Waals surface area contributed by atoms with Gasteiger partial charge in [0.2, 0.25) is 0 Å². The van der Waals surface area contributed by atoms with Crippen LogP contribution in [0.3, 0.4) is 0 Å². The highest BCUT2D eigenvalue weighted by Crippen LogP contribution is 2.44. The molecule has 8 nitrogen and oxygen atoms in total. The van der Waals surface area contributed by atoms with Gasteiger partial charge in [-0.1, -0.05) is 11.6 Å². The summed E-state index contributed by atoms with van der Waals surface area (Å²) < 4.78 is 11.0. The average molecular weight is 508 g/mol. The number of piperazine rings is 1. The number of ether oxygens (including phenoxy) is 1. The molecule has 1 N–H and O–H groups in total. The van der Waals surface area contributed by atoms with Gasteiger partial charge in [-0.05, 0) is 61.6 Å². The minimum absolute atomic E-state index is 0.0985. The van der Waals surface area contributed by atoms with Gasteiger partial charge in [-0.2, -0.15) is 0 Å². The second kappa shape index (κ2) is 9.72. The molecule has 2 aliphatic rings. The number of rotatable bonds is 5. The highest BCUT2D eigenvalue weighted by atomic mass is 35.5. The first-order valence-corrected chi connectivity index (χ1v) is 12.0. The molecule has 1 atom stereocenters. The molecule has 2 saturated heterocycles. The molecule has 1 aromatic heterocycles. The Hall–Kier alpha value is -3.75. The first-order valence-electron chi connectivity index (χ1n) is 11.6. The van der Waals surface area contributed by atoms with Crippen LogP contribution in [0.2, 0.25) is 5.02 Å². The van der Waals surface area contributed by atoms with Crippen molar-refractivity contribution in [3.05, 3.63) is 82.8 Å². The summed E-state index contributed by atoms with van der Waals surface area (Å²) in [6, 6.07) is 14.6. The van der Waals surface area contributed by atoms with Gasteiger partial charge in [0.15, 0.2) is 0 Å². The van der Waals surface area contributed by atoms with Gasteiger partial charge in [0.05, 0.1) is 24.5 Å². The van der Waals surface area contributed by atoms with Crippen LogP contribution < -0.4 is 14.5 Å². The van der Waals surface area contributed by atoms with Gasteiger partial charge < -0.3 is 24.1 Å². The van der Waals surface area contributed by atoms with Gasteiger partial charge >= 0.3 is 0 Å². The van der Waals surface area contributed by atoms with Crippen molar-refractivity contribution in [2.24, 2.45) is 0 Å². The maximum atomic E-state index is 13.3. The van der Waals surface area contributed by atoms with Crippen LogP contribution in [-0.4, -0.2) is 62.0 Å². The number of hydrogen-bond donors (Lipinski definition) is 1. The number of nitrogens with zero attached hydrogens (tertiary/aromatic N) is 3. The molecule has 1 unspecified atom stereocenters. The summed E-state index contributed by atoms with van der Waals surface area (Å²) >= 11 is 6.16. The molecule has 2 fully saturated rings. The third-order valence-corrected chi connectivity index (χ3v) is 6.91. The van der Waals surface area contributed by atoms with Crippen molar-refractivity contribution in [3.8, 4) is 5.75 Å². The standard InChI is InChI=1S/C27H26ClN3O5/c1-29-11-13-30(14-12-29)18-6-8-19(9-7-18)31-24(22-4-3-15-36-22)23(26(33)27(31)34)25(32)20-16-17(28)5-10-21(20)35-2/h3-10,15-16,24,32H,11-14H2,1-2H3/b25-23-. The van der Waals surface area contributed by atoms with Crippen LogP contribution in [0.1, 0.15) is 17.4 Å². The summed E-state index contributed by atoms with van der Waals surface area (Å²) in [5, 5.41) is 11.7. The predicted octanol–water partition coefficient (Wildman–Crippen LogP) is 4.32. The number of benzene rings is 2. The van der Waals surface area contributed by atoms with Gasteiger partial charge in [-0.25, -0.2) is 0 Å². The molecule has 0 bridgehead atoms. The van der Waals surface area contributed by atoms with E-state index in [9.17, 15) is 14.7 Å². The molecule has 3 heterocycles. The number of amides is 1. The summed E-state index contributed by atoms with van der Waals surface area (Å²) in [5.41, 5.74) is 1.68. The largest absolute Gasteiger partial charge is 0.507 e. The Balaban J connectivity index is 1.58. The molecule has 36 heavy (non-hydrogen) atoms. The van der Waals surface area contributed by atoms with E-state index in [2.05, 4.69) is 16.8 Å². The van der Waals surface area contributed by atoms with E-state index in [1.165, 1.54) is 24.3 Å². The lowest BCUT2D eigenvalue weighted by Crippen LogP contribution is -2.44. The van der Waals surface area contributed by atoms with E-state index in [-0.39, 0.29) is 16.9 Å². The summed E-state index contributed by atoms with van der Waals surface area (Å²) in [6.07, 6.45) is 1.46. The third-order valence-electron chi connectivity index (χ3n) is 6.67. The number of hydrogen-bond acceptors (Lipinski definition) is 7. The Morgan fingerprint density at radius 1 is 1.03 bits per heavy atom. The molecule has 0 aliphatic carbocycles. The quantitative estimate of drug-likeness (QED) is 0.312. The van der Waals surface area contributed by atoms with E-state index >= 15 is 0 Å². The number of anilines is 2. The molecule has 0 radical (unpaired) electrons. The highest BCUT2D eigenvalue weighted by Gasteiger charge is 2.48. The first kappa shape index (κ1) is 24.0. The van der Waals surface area contributed by atoms with Crippen LogP contribution in [0.4, 0.5) is 11.4 Å². The first-order chi connectivity index (χ1) is 17.4. The van der Waals surface area contributed by atoms with E-state index in [1.807, 2.05) is 24.3 Å². The van der Waals surface area contributed by atoms with Crippen molar-refractivity contribution in [3.63, 3.8) is 0 Å². The van der Waals surface area contributed by atoms with Crippen LogP contribution >= 0.6 is 11.6 Å². The van der Waals surface area contributed by atoms with Crippen molar-refractivity contribution in [1.29, 1.82) is 0 Å². The number of carbonyl (C=O) groups is 2. The molecule has 2 aromatic carbocycles. The lowest BCUT2D eigenvalue weighted by molar-refractivity contribution is -0.132. The van der Waals surface area contributed by atoms with Gasteiger partial charge in [0, 0.05) is 42.6 Å². The van der Waals surface area contributed by atoms with Crippen LogP contribution in [-0.2, 0) is 9.59 Å². The fourth-order valence-electron chi connectivity index (χ4n) is 4.71. The Kier molecular flexibility index (Phi) is 6.47. The van der Waals surface area contributed by atoms with Gasteiger partial charge in [0.1, 0.15) is 23.3 Å². The predicted molar refractivity (Wildman–Crippen MR) is 138 cm³/mol. The second-order valence-electron chi connectivity index (χ2n) is 8.84. The topological polar surface area (TPSA) is 86.5 Å². The van der Waals surface area contributed by atoms with Crippen LogP contribution in [0, 0.1) is 0 Å². The van der Waals surface area contributed by atoms with Crippen molar-refractivity contribution in [2.75, 3.05) is 50.1 Å². The van der Waals surface area contributed by atoms with Crippen LogP contribution in [0.5, 0.6) is 5.75 Å². The average Bonchev–Trinajstić information content (AvgIpc) is 3.51. The molecule has 186 valence electrons. The minimum atomic E-state index is -0.960. The molecule has 0 saturated carbocycles. The molecular weight excluding hydrogens is 482 g/mol. The Morgan fingerprint density at radius 3 is 2.36 bits per heavy atom.